The number of rotatable bonds is 8. The van der Waals surface area contributed by atoms with Crippen LogP contribution in [0.5, 0.6) is 0 Å². The summed E-state index contributed by atoms with van der Waals surface area (Å²) in [7, 11) is -4.05. The molecule has 0 saturated carbocycles. The molecular weight excluding hydrogens is 387 g/mol. The minimum absolute atomic E-state index is 0.0689. The van der Waals surface area contributed by atoms with Crippen molar-refractivity contribution in [1.82, 2.24) is 5.32 Å². The minimum Gasteiger partial charge on any atom is -0.452 e. The zero-order valence-electron chi connectivity index (χ0n) is 15.5. The van der Waals surface area contributed by atoms with Crippen molar-refractivity contribution in [2.24, 2.45) is 0 Å². The molecule has 28 heavy (non-hydrogen) atoms. The van der Waals surface area contributed by atoms with Gasteiger partial charge in [0.1, 0.15) is 5.82 Å². The highest BCUT2D eigenvalue weighted by Gasteiger charge is 2.19. The molecule has 0 aliphatic carbocycles. The van der Waals surface area contributed by atoms with Gasteiger partial charge in [0.2, 0.25) is 0 Å². The SMILES string of the molecule is CCCNC(=O)COC(=O)c1cccc(NS(=O)(=O)c2cc(F)ccc2C)c1. The van der Waals surface area contributed by atoms with Crippen molar-refractivity contribution in [1.29, 1.82) is 0 Å². The highest BCUT2D eigenvalue weighted by atomic mass is 32.2. The molecule has 2 aromatic carbocycles. The van der Waals surface area contributed by atoms with Crippen molar-refractivity contribution in [2.45, 2.75) is 25.2 Å². The van der Waals surface area contributed by atoms with Gasteiger partial charge in [-0.05, 0) is 49.2 Å². The highest BCUT2D eigenvalue weighted by molar-refractivity contribution is 7.92. The van der Waals surface area contributed by atoms with Crippen molar-refractivity contribution in [3.05, 3.63) is 59.4 Å². The molecule has 0 aromatic heterocycles. The molecule has 2 N–H and O–H groups in total. The summed E-state index contributed by atoms with van der Waals surface area (Å²) in [5, 5.41) is 2.57. The van der Waals surface area contributed by atoms with Crippen molar-refractivity contribution >= 4 is 27.6 Å². The molecule has 2 rings (SSSR count). The van der Waals surface area contributed by atoms with E-state index in [4.69, 9.17) is 4.74 Å². The van der Waals surface area contributed by atoms with Gasteiger partial charge in [0.15, 0.2) is 6.61 Å². The first-order valence-electron chi connectivity index (χ1n) is 8.56. The van der Waals surface area contributed by atoms with Gasteiger partial charge >= 0.3 is 5.97 Å². The van der Waals surface area contributed by atoms with Crippen LogP contribution in [0.1, 0.15) is 29.3 Å². The first kappa shape index (κ1) is 21.4. The molecule has 9 heteroatoms. The highest BCUT2D eigenvalue weighted by Crippen LogP contribution is 2.21. The lowest BCUT2D eigenvalue weighted by molar-refractivity contribution is -0.124. The fraction of sp³-hybridized carbons (Fsp3) is 0.263. The number of carbonyl (C=O) groups excluding carboxylic acids is 2. The first-order chi connectivity index (χ1) is 13.2. The molecule has 0 aliphatic rings. The number of hydrogen-bond acceptors (Lipinski definition) is 5. The number of amides is 1. The van der Waals surface area contributed by atoms with Crippen LogP contribution in [0.2, 0.25) is 0 Å². The maximum atomic E-state index is 13.4. The van der Waals surface area contributed by atoms with Gasteiger partial charge < -0.3 is 10.1 Å². The second-order valence-electron chi connectivity index (χ2n) is 6.02. The number of benzene rings is 2. The second kappa shape index (κ2) is 9.32. The standard InChI is InChI=1S/C19H21FN2O5S/c1-3-9-21-18(23)12-27-19(24)14-5-4-6-16(10-14)22-28(25,26)17-11-15(20)8-7-13(17)2/h4-8,10-11,22H,3,9,12H2,1-2H3,(H,21,23). The van der Waals surface area contributed by atoms with Gasteiger partial charge in [0.25, 0.3) is 15.9 Å². The molecule has 0 heterocycles. The van der Waals surface area contributed by atoms with Gasteiger partial charge in [0.05, 0.1) is 10.5 Å². The maximum Gasteiger partial charge on any atom is 0.338 e. The summed E-state index contributed by atoms with van der Waals surface area (Å²) >= 11 is 0. The van der Waals surface area contributed by atoms with Gasteiger partial charge in [-0.3, -0.25) is 9.52 Å². The number of halogens is 1. The molecule has 1 amide bonds. The van der Waals surface area contributed by atoms with E-state index in [0.29, 0.717) is 12.1 Å². The van der Waals surface area contributed by atoms with Gasteiger partial charge in [0, 0.05) is 12.2 Å². The van der Waals surface area contributed by atoms with E-state index in [1.54, 1.807) is 6.92 Å². The Bertz CT molecular complexity index is 976. The molecule has 0 atom stereocenters. The van der Waals surface area contributed by atoms with E-state index < -0.39 is 34.3 Å². The number of anilines is 1. The number of sulfonamides is 1. The Morgan fingerprint density at radius 1 is 1.14 bits per heavy atom. The molecule has 2 aromatic rings. The van der Waals surface area contributed by atoms with E-state index in [9.17, 15) is 22.4 Å². The quantitative estimate of drug-likeness (QED) is 0.654. The normalized spacial score (nSPS) is 11.0. The molecule has 150 valence electrons. The molecule has 0 fully saturated rings. The monoisotopic (exact) mass is 408 g/mol. The van der Waals surface area contributed by atoms with E-state index in [1.807, 2.05) is 6.92 Å². The van der Waals surface area contributed by atoms with Crippen LogP contribution in [0, 0.1) is 12.7 Å². The number of carbonyl (C=O) groups is 2. The van der Waals surface area contributed by atoms with Crippen molar-refractivity contribution < 1.29 is 27.1 Å². The summed E-state index contributed by atoms with van der Waals surface area (Å²) in [6, 6.07) is 9.06. The predicted molar refractivity (Wildman–Crippen MR) is 102 cm³/mol. The van der Waals surface area contributed by atoms with E-state index in [0.717, 1.165) is 12.5 Å². The third kappa shape index (κ3) is 5.78. The molecule has 0 spiro atoms. The number of hydrogen-bond donors (Lipinski definition) is 2. The number of ether oxygens (including phenoxy) is 1. The summed E-state index contributed by atoms with van der Waals surface area (Å²) in [6.07, 6.45) is 0.757. The summed E-state index contributed by atoms with van der Waals surface area (Å²) < 4.78 is 45.7. The Hall–Kier alpha value is -2.94. The maximum absolute atomic E-state index is 13.4. The van der Waals surface area contributed by atoms with Crippen LogP contribution in [0.25, 0.3) is 0 Å². The fourth-order valence-corrected chi connectivity index (χ4v) is 3.62. The second-order valence-corrected chi connectivity index (χ2v) is 7.67. The number of esters is 1. The van der Waals surface area contributed by atoms with E-state index in [1.165, 1.54) is 36.4 Å². The van der Waals surface area contributed by atoms with Crippen molar-refractivity contribution in [3.8, 4) is 0 Å². The summed E-state index contributed by atoms with van der Waals surface area (Å²) in [6.45, 7) is 3.49. The lowest BCUT2D eigenvalue weighted by atomic mass is 10.2. The number of aryl methyl sites for hydroxylation is 1. The van der Waals surface area contributed by atoms with Crippen LogP contribution >= 0.6 is 0 Å². The molecule has 7 nitrogen and oxygen atoms in total. The fourth-order valence-electron chi connectivity index (χ4n) is 2.31. The summed E-state index contributed by atoms with van der Waals surface area (Å²) in [5.74, 6) is -1.87. The van der Waals surface area contributed by atoms with E-state index in [-0.39, 0.29) is 16.1 Å². The zero-order chi connectivity index (χ0) is 20.7. The van der Waals surface area contributed by atoms with Crippen LogP contribution < -0.4 is 10.0 Å². The first-order valence-corrected chi connectivity index (χ1v) is 10.0. The Kier molecular flexibility index (Phi) is 7.11. The third-order valence-electron chi connectivity index (χ3n) is 3.70. The largest absolute Gasteiger partial charge is 0.452 e. The summed E-state index contributed by atoms with van der Waals surface area (Å²) in [5.41, 5.74) is 0.551. The Balaban J connectivity index is 2.11. The lowest BCUT2D eigenvalue weighted by Crippen LogP contribution is -2.29. The Labute approximate surface area is 163 Å². The van der Waals surface area contributed by atoms with Gasteiger partial charge in [-0.2, -0.15) is 0 Å². The van der Waals surface area contributed by atoms with Gasteiger partial charge in [-0.15, -0.1) is 0 Å². The van der Waals surface area contributed by atoms with Crippen LogP contribution in [0.3, 0.4) is 0 Å². The smallest absolute Gasteiger partial charge is 0.338 e. The topological polar surface area (TPSA) is 102 Å². The van der Waals surface area contributed by atoms with E-state index in [2.05, 4.69) is 10.0 Å². The van der Waals surface area contributed by atoms with Crippen LogP contribution in [-0.2, 0) is 19.6 Å². The molecule has 0 saturated heterocycles. The predicted octanol–water partition coefficient (Wildman–Crippen LogP) is 2.62. The average molecular weight is 408 g/mol. The van der Waals surface area contributed by atoms with Crippen molar-refractivity contribution in [3.63, 3.8) is 0 Å². The molecule has 0 aliphatic heterocycles. The van der Waals surface area contributed by atoms with Gasteiger partial charge in [-0.1, -0.05) is 19.1 Å². The zero-order valence-corrected chi connectivity index (χ0v) is 16.3. The molecule has 0 unspecified atom stereocenters. The van der Waals surface area contributed by atoms with E-state index >= 15 is 0 Å². The van der Waals surface area contributed by atoms with Gasteiger partial charge in [-0.25, -0.2) is 17.6 Å². The number of nitrogens with one attached hydrogen (secondary N) is 2. The molecule has 0 bridgehead atoms. The molecule has 0 radical (unpaired) electrons. The Morgan fingerprint density at radius 2 is 1.89 bits per heavy atom. The van der Waals surface area contributed by atoms with Crippen LogP contribution in [0.4, 0.5) is 10.1 Å². The lowest BCUT2D eigenvalue weighted by Gasteiger charge is -2.11. The van der Waals surface area contributed by atoms with Crippen LogP contribution in [0.15, 0.2) is 47.4 Å². The minimum atomic E-state index is -4.05. The average Bonchev–Trinajstić information content (AvgIpc) is 2.66. The third-order valence-corrected chi connectivity index (χ3v) is 5.22. The van der Waals surface area contributed by atoms with Crippen LogP contribution in [-0.4, -0.2) is 33.4 Å². The summed E-state index contributed by atoms with van der Waals surface area (Å²) in [4.78, 5) is 23.4. The molecular formula is C19H21FN2O5S. The van der Waals surface area contributed by atoms with Crippen molar-refractivity contribution in [2.75, 3.05) is 17.9 Å². The Morgan fingerprint density at radius 3 is 2.61 bits per heavy atom.